The Balaban J connectivity index is 2.01. The highest BCUT2D eigenvalue weighted by Crippen LogP contribution is 2.34. The normalized spacial score (nSPS) is 10.7. The van der Waals surface area contributed by atoms with Gasteiger partial charge in [-0.1, -0.05) is 24.3 Å². The Labute approximate surface area is 136 Å². The van der Waals surface area contributed by atoms with Crippen molar-refractivity contribution < 1.29 is 18.8 Å². The Morgan fingerprint density at radius 2 is 1.96 bits per heavy atom. The van der Waals surface area contributed by atoms with Crippen LogP contribution in [0.1, 0.15) is 15.2 Å². The summed E-state index contributed by atoms with van der Waals surface area (Å²) in [5.74, 6) is -0.136. The number of thiophene rings is 1. The topological polar surface area (TPSA) is 47.6 Å². The third-order valence-corrected chi connectivity index (χ3v) is 4.49. The first-order valence-corrected chi connectivity index (χ1v) is 7.73. The van der Waals surface area contributed by atoms with Gasteiger partial charge in [-0.15, -0.1) is 11.3 Å². The Morgan fingerprint density at radius 3 is 2.70 bits per heavy atom. The fourth-order valence-corrected chi connectivity index (χ4v) is 3.41. The largest absolute Gasteiger partial charge is 0.489 e. The fraction of sp³-hybridized carbons (Fsp3) is 0.118. The van der Waals surface area contributed by atoms with Crippen LogP contribution in [-0.4, -0.2) is 13.0 Å². The highest BCUT2D eigenvalue weighted by atomic mass is 32.1. The van der Waals surface area contributed by atoms with E-state index < -0.39 is 5.91 Å². The summed E-state index contributed by atoms with van der Waals surface area (Å²) in [4.78, 5) is 17.2. The van der Waals surface area contributed by atoms with Gasteiger partial charge in [0.1, 0.15) is 23.1 Å². The van der Waals surface area contributed by atoms with Crippen LogP contribution in [0.15, 0.2) is 48.5 Å². The standard InChI is InChI=1S/C17H14FNO3S/c1-21-19-17(20)16-12(10-22-11-6-3-2-4-7-11)15-13(18)8-5-9-14(15)23-16/h2-9H,10H2,1H3,(H,19,20). The molecule has 0 bridgehead atoms. The molecule has 0 fully saturated rings. The maximum atomic E-state index is 14.2. The van der Waals surface area contributed by atoms with Crippen LogP contribution in [0.5, 0.6) is 5.75 Å². The van der Waals surface area contributed by atoms with Gasteiger partial charge in [-0.25, -0.2) is 9.87 Å². The zero-order valence-corrected chi connectivity index (χ0v) is 13.2. The van der Waals surface area contributed by atoms with Gasteiger partial charge >= 0.3 is 0 Å². The second kappa shape index (κ2) is 6.76. The first kappa shape index (κ1) is 15.5. The number of carbonyl (C=O) groups is 1. The van der Waals surface area contributed by atoms with Gasteiger partial charge in [0.2, 0.25) is 0 Å². The molecule has 0 radical (unpaired) electrons. The average molecular weight is 331 g/mol. The molecule has 0 aliphatic rings. The summed E-state index contributed by atoms with van der Waals surface area (Å²) in [5, 5.41) is 0.412. The molecule has 0 spiro atoms. The number of hydrogen-bond donors (Lipinski definition) is 1. The molecule has 1 heterocycles. The van der Waals surface area contributed by atoms with E-state index in [9.17, 15) is 9.18 Å². The van der Waals surface area contributed by atoms with Crippen molar-refractivity contribution in [2.24, 2.45) is 0 Å². The van der Waals surface area contributed by atoms with Crippen molar-refractivity contribution in [1.29, 1.82) is 0 Å². The number of carbonyl (C=O) groups excluding carboxylic acids is 1. The SMILES string of the molecule is CONC(=O)c1sc2cccc(F)c2c1COc1ccccc1. The minimum Gasteiger partial charge on any atom is -0.489 e. The van der Waals surface area contributed by atoms with E-state index in [0.717, 1.165) is 0 Å². The third kappa shape index (κ3) is 3.18. The molecule has 0 saturated heterocycles. The summed E-state index contributed by atoms with van der Waals surface area (Å²) < 4.78 is 20.6. The second-order valence-corrected chi connectivity index (χ2v) is 5.81. The summed E-state index contributed by atoms with van der Waals surface area (Å²) in [6, 6.07) is 14.0. The van der Waals surface area contributed by atoms with Crippen molar-refractivity contribution in [3.63, 3.8) is 0 Å². The van der Waals surface area contributed by atoms with Crippen molar-refractivity contribution in [1.82, 2.24) is 5.48 Å². The van der Waals surface area contributed by atoms with Crippen LogP contribution in [0, 0.1) is 5.82 Å². The van der Waals surface area contributed by atoms with Gasteiger partial charge in [0, 0.05) is 15.6 Å². The van der Waals surface area contributed by atoms with Crippen LogP contribution < -0.4 is 10.2 Å². The molecule has 3 aromatic rings. The first-order chi connectivity index (χ1) is 11.2. The van der Waals surface area contributed by atoms with Gasteiger partial charge in [0.05, 0.1) is 7.11 Å². The lowest BCUT2D eigenvalue weighted by molar-refractivity contribution is 0.0540. The number of rotatable bonds is 5. The Bertz CT molecular complexity index is 832. The highest BCUT2D eigenvalue weighted by molar-refractivity contribution is 7.21. The van der Waals surface area contributed by atoms with Gasteiger partial charge in [-0.2, -0.15) is 0 Å². The molecular formula is C17H14FNO3S. The quantitative estimate of drug-likeness (QED) is 0.721. The monoisotopic (exact) mass is 331 g/mol. The third-order valence-electron chi connectivity index (χ3n) is 3.29. The van der Waals surface area contributed by atoms with Crippen molar-refractivity contribution >= 4 is 27.3 Å². The Hall–Kier alpha value is -2.44. The van der Waals surface area contributed by atoms with E-state index in [4.69, 9.17) is 4.74 Å². The fourth-order valence-electron chi connectivity index (χ4n) is 2.30. The molecular weight excluding hydrogens is 317 g/mol. The van der Waals surface area contributed by atoms with Gasteiger partial charge in [0.15, 0.2) is 0 Å². The molecule has 0 unspecified atom stereocenters. The van der Waals surface area contributed by atoms with E-state index in [2.05, 4.69) is 10.3 Å². The molecule has 1 N–H and O–H groups in total. The number of nitrogens with one attached hydrogen (secondary N) is 1. The van der Waals surface area contributed by atoms with Gasteiger partial charge in [0.25, 0.3) is 5.91 Å². The summed E-state index contributed by atoms with van der Waals surface area (Å²) in [7, 11) is 1.35. The number of para-hydroxylation sites is 1. The number of fused-ring (bicyclic) bond motifs is 1. The number of hydrogen-bond acceptors (Lipinski definition) is 4. The lowest BCUT2D eigenvalue weighted by atomic mass is 10.1. The summed E-state index contributed by atoms with van der Waals surface area (Å²) in [6.45, 7) is 0.0947. The molecule has 0 atom stereocenters. The number of amides is 1. The molecule has 23 heavy (non-hydrogen) atoms. The lowest BCUT2D eigenvalue weighted by Crippen LogP contribution is -2.22. The minimum atomic E-state index is -0.417. The molecule has 0 saturated carbocycles. The molecule has 118 valence electrons. The maximum absolute atomic E-state index is 14.2. The van der Waals surface area contributed by atoms with E-state index in [-0.39, 0.29) is 12.4 Å². The highest BCUT2D eigenvalue weighted by Gasteiger charge is 2.21. The second-order valence-electron chi connectivity index (χ2n) is 4.76. The summed E-state index contributed by atoms with van der Waals surface area (Å²) in [5.41, 5.74) is 2.79. The van der Waals surface area contributed by atoms with E-state index >= 15 is 0 Å². The predicted octanol–water partition coefficient (Wildman–Crippen LogP) is 3.91. The molecule has 3 rings (SSSR count). The van der Waals surface area contributed by atoms with Crippen LogP contribution in [-0.2, 0) is 11.4 Å². The number of benzene rings is 2. The maximum Gasteiger partial charge on any atom is 0.285 e. The van der Waals surface area contributed by atoms with E-state index in [1.807, 2.05) is 18.2 Å². The van der Waals surface area contributed by atoms with E-state index in [1.165, 1.54) is 24.5 Å². The Morgan fingerprint density at radius 1 is 1.17 bits per heavy atom. The first-order valence-electron chi connectivity index (χ1n) is 6.91. The van der Waals surface area contributed by atoms with Gasteiger partial charge in [-0.05, 0) is 24.3 Å². The smallest absolute Gasteiger partial charge is 0.285 e. The lowest BCUT2D eigenvalue weighted by Gasteiger charge is -2.08. The van der Waals surface area contributed by atoms with Crippen LogP contribution in [0.2, 0.25) is 0 Å². The molecule has 4 nitrogen and oxygen atoms in total. The summed E-state index contributed by atoms with van der Waals surface area (Å²) >= 11 is 1.21. The number of hydroxylamine groups is 1. The van der Waals surface area contributed by atoms with Crippen LogP contribution in [0.3, 0.4) is 0 Å². The van der Waals surface area contributed by atoms with Crippen LogP contribution >= 0.6 is 11.3 Å². The number of ether oxygens (including phenoxy) is 1. The zero-order valence-electron chi connectivity index (χ0n) is 12.3. The minimum absolute atomic E-state index is 0.0947. The van der Waals surface area contributed by atoms with Gasteiger partial charge in [-0.3, -0.25) is 9.63 Å². The average Bonchev–Trinajstić information content (AvgIpc) is 2.94. The molecule has 1 aromatic heterocycles. The van der Waals surface area contributed by atoms with Gasteiger partial charge < -0.3 is 4.74 Å². The molecule has 0 aliphatic heterocycles. The Kier molecular flexibility index (Phi) is 4.55. The summed E-state index contributed by atoms with van der Waals surface area (Å²) in [6.07, 6.45) is 0. The molecule has 1 amide bonds. The molecule has 2 aromatic carbocycles. The zero-order chi connectivity index (χ0) is 16.2. The van der Waals surface area contributed by atoms with Crippen LogP contribution in [0.25, 0.3) is 10.1 Å². The van der Waals surface area contributed by atoms with E-state index in [0.29, 0.717) is 26.3 Å². The van der Waals surface area contributed by atoms with Crippen molar-refractivity contribution in [2.75, 3.05) is 7.11 Å². The van der Waals surface area contributed by atoms with Crippen molar-refractivity contribution in [3.05, 3.63) is 64.8 Å². The predicted molar refractivity (Wildman–Crippen MR) is 87.0 cm³/mol. The molecule has 0 aliphatic carbocycles. The van der Waals surface area contributed by atoms with Crippen LogP contribution in [0.4, 0.5) is 4.39 Å². The van der Waals surface area contributed by atoms with Crippen molar-refractivity contribution in [3.8, 4) is 5.75 Å². The van der Waals surface area contributed by atoms with Crippen molar-refractivity contribution in [2.45, 2.75) is 6.61 Å². The molecule has 6 heteroatoms. The number of halogens is 1. The van der Waals surface area contributed by atoms with E-state index in [1.54, 1.807) is 24.3 Å².